The summed E-state index contributed by atoms with van der Waals surface area (Å²) in [5, 5.41) is 36.2. The van der Waals surface area contributed by atoms with Crippen LogP contribution in [0.3, 0.4) is 0 Å². The molecule has 0 aliphatic rings. The molecule has 0 radical (unpaired) electrons. The fourth-order valence-electron chi connectivity index (χ4n) is 10.9. The summed E-state index contributed by atoms with van der Waals surface area (Å²) in [5.74, 6) is 1.94. The van der Waals surface area contributed by atoms with E-state index in [1.165, 1.54) is 0 Å². The number of benzene rings is 6. The number of phosphoric acid groups is 1. The molecule has 0 aliphatic heterocycles. The standard InChI is InChI=1S/C69H93O7P/c1-19-22-25-49-28-43(4)34-55(40-52-31-46(7)37-58(61(52)70)67(10,11)12)64(49)74-77(73,75-65-50(26-23-20-2)29-44(5)35-56(65)41-53-32-47(8)38-59(62(53)71)68(13,14)15)76-66-51(27-24-21-3)30-45(6)36-57(66)42-54-33-48(9)39-60(63(54)72)69(16,17)18/h28-39,70-72H,19-27,40-42H2,1-18H3. The lowest BCUT2D eigenvalue weighted by Crippen LogP contribution is -2.15. The average Bonchev–Trinajstić information content (AvgIpc) is 3.31. The third-order valence-electron chi connectivity index (χ3n) is 14.7. The van der Waals surface area contributed by atoms with E-state index in [0.717, 1.165) is 139 Å². The van der Waals surface area contributed by atoms with Crippen LogP contribution in [0.2, 0.25) is 0 Å². The largest absolute Gasteiger partial charge is 0.647 e. The lowest BCUT2D eigenvalue weighted by molar-refractivity contribution is 0.292. The van der Waals surface area contributed by atoms with Gasteiger partial charge < -0.3 is 28.9 Å². The van der Waals surface area contributed by atoms with Gasteiger partial charge in [0.1, 0.15) is 34.5 Å². The fraction of sp³-hybridized carbons (Fsp3) is 0.478. The maximum absolute atomic E-state index is 17.2. The van der Waals surface area contributed by atoms with Crippen molar-refractivity contribution in [3.63, 3.8) is 0 Å². The molecular weight excluding hydrogens is 972 g/mol. The van der Waals surface area contributed by atoms with Gasteiger partial charge >= 0.3 is 7.82 Å². The Morgan fingerprint density at radius 2 is 0.558 bits per heavy atom. The Morgan fingerprint density at radius 1 is 0.351 bits per heavy atom. The lowest BCUT2D eigenvalue weighted by atomic mass is 9.83. The van der Waals surface area contributed by atoms with Gasteiger partial charge in [0.25, 0.3) is 0 Å². The molecular formula is C69H93O7P. The molecule has 77 heavy (non-hydrogen) atoms. The van der Waals surface area contributed by atoms with Crippen LogP contribution in [-0.2, 0) is 59.3 Å². The molecule has 8 heteroatoms. The predicted octanol–water partition coefficient (Wildman–Crippen LogP) is 19.0. The lowest BCUT2D eigenvalue weighted by Gasteiger charge is -2.28. The summed E-state index contributed by atoms with van der Waals surface area (Å²) in [7, 11) is -4.86. The molecule has 0 bridgehead atoms. The molecule has 3 N–H and O–H groups in total. The quantitative estimate of drug-likeness (QED) is 0.0617. The van der Waals surface area contributed by atoms with Crippen LogP contribution in [0.5, 0.6) is 34.5 Å². The maximum Gasteiger partial charge on any atom is 0.647 e. The first-order valence-corrected chi connectivity index (χ1v) is 30.0. The highest BCUT2D eigenvalue weighted by molar-refractivity contribution is 7.49. The predicted molar refractivity (Wildman–Crippen MR) is 322 cm³/mol. The first-order valence-electron chi connectivity index (χ1n) is 28.5. The second kappa shape index (κ2) is 24.6. The SMILES string of the molecule is CCCCc1cc(C)cc(Cc2cc(C)cc(C(C)(C)C)c2O)c1OP(=O)(Oc1c(CCCC)cc(C)cc1Cc1cc(C)cc(C(C)(C)C)c1O)Oc1c(CCCC)cc(C)cc1Cc1cc(C)cc(C(C)(C)C)c1O. The van der Waals surface area contributed by atoms with Gasteiger partial charge in [-0.15, -0.1) is 0 Å². The summed E-state index contributed by atoms with van der Waals surface area (Å²) in [6.07, 6.45) is 8.18. The van der Waals surface area contributed by atoms with Crippen LogP contribution in [0.4, 0.5) is 0 Å². The minimum Gasteiger partial charge on any atom is -0.507 e. The van der Waals surface area contributed by atoms with E-state index < -0.39 is 7.82 Å². The van der Waals surface area contributed by atoms with Crippen molar-refractivity contribution < 1.29 is 33.5 Å². The van der Waals surface area contributed by atoms with Gasteiger partial charge in [0.05, 0.1) is 0 Å². The van der Waals surface area contributed by atoms with E-state index in [1.54, 1.807) is 0 Å². The smallest absolute Gasteiger partial charge is 0.507 e. The second-order valence-electron chi connectivity index (χ2n) is 25.5. The van der Waals surface area contributed by atoms with Crippen molar-refractivity contribution in [2.24, 2.45) is 0 Å². The molecule has 0 saturated heterocycles. The Kier molecular flexibility index (Phi) is 19.3. The summed E-state index contributed by atoms with van der Waals surface area (Å²) in [6.45, 7) is 37.8. The summed E-state index contributed by atoms with van der Waals surface area (Å²) in [4.78, 5) is 0. The molecule has 0 heterocycles. The van der Waals surface area contributed by atoms with Crippen molar-refractivity contribution in [3.8, 4) is 34.5 Å². The summed E-state index contributed by atoms with van der Waals surface area (Å²) < 4.78 is 39.1. The fourth-order valence-corrected chi connectivity index (χ4v) is 12.4. The third-order valence-corrected chi connectivity index (χ3v) is 16.0. The highest BCUT2D eigenvalue weighted by Crippen LogP contribution is 2.56. The molecule has 6 rings (SSSR count). The number of hydrogen-bond donors (Lipinski definition) is 3. The number of rotatable bonds is 21. The zero-order chi connectivity index (χ0) is 56.9. The van der Waals surface area contributed by atoms with Gasteiger partial charge in [-0.3, -0.25) is 0 Å². The van der Waals surface area contributed by atoms with Crippen LogP contribution in [0.25, 0.3) is 0 Å². The topological polar surface area (TPSA) is 105 Å². The summed E-state index contributed by atoms with van der Waals surface area (Å²) in [5.41, 5.74) is 14.9. The van der Waals surface area contributed by atoms with E-state index >= 15 is 4.57 Å². The minimum absolute atomic E-state index is 0.235. The zero-order valence-electron chi connectivity index (χ0n) is 50.3. The molecule has 0 fully saturated rings. The van der Waals surface area contributed by atoms with E-state index in [1.807, 2.05) is 18.2 Å². The van der Waals surface area contributed by atoms with Crippen molar-refractivity contribution in [1.29, 1.82) is 0 Å². The molecule has 0 saturated carbocycles. The summed E-state index contributed by atoms with van der Waals surface area (Å²) >= 11 is 0. The van der Waals surface area contributed by atoms with Gasteiger partial charge in [-0.1, -0.05) is 209 Å². The first kappa shape index (κ1) is 60.6. The van der Waals surface area contributed by atoms with Crippen LogP contribution < -0.4 is 13.6 Å². The van der Waals surface area contributed by atoms with Crippen molar-refractivity contribution in [1.82, 2.24) is 0 Å². The zero-order valence-corrected chi connectivity index (χ0v) is 51.2. The highest BCUT2D eigenvalue weighted by atomic mass is 31.2. The van der Waals surface area contributed by atoms with Crippen molar-refractivity contribution in [3.05, 3.63) is 173 Å². The van der Waals surface area contributed by atoms with Crippen molar-refractivity contribution >= 4 is 7.82 Å². The van der Waals surface area contributed by atoms with Gasteiger partial charge in [-0.05, 0) is 163 Å². The number of aromatic hydroxyl groups is 3. The average molecular weight is 1070 g/mol. The van der Waals surface area contributed by atoms with Crippen LogP contribution in [-0.4, -0.2) is 15.3 Å². The number of unbranched alkanes of at least 4 members (excludes halogenated alkanes) is 3. The van der Waals surface area contributed by atoms with Gasteiger partial charge in [-0.25, -0.2) is 0 Å². The highest BCUT2D eigenvalue weighted by Gasteiger charge is 2.39. The van der Waals surface area contributed by atoms with Crippen LogP contribution >= 0.6 is 7.82 Å². The third kappa shape index (κ3) is 15.1. The van der Waals surface area contributed by atoms with Gasteiger partial charge in [0.2, 0.25) is 0 Å². The molecule has 0 spiro atoms. The Bertz CT molecular complexity index is 2790. The first-order chi connectivity index (χ1) is 35.9. The monoisotopic (exact) mass is 1060 g/mol. The Balaban J connectivity index is 1.69. The number of phosphoric ester groups is 1. The van der Waals surface area contributed by atoms with Crippen molar-refractivity contribution in [2.45, 2.75) is 218 Å². The van der Waals surface area contributed by atoms with Gasteiger partial charge in [-0.2, -0.15) is 4.57 Å². The normalized spacial score (nSPS) is 12.3. The van der Waals surface area contributed by atoms with E-state index in [2.05, 4.69) is 179 Å². The van der Waals surface area contributed by atoms with Crippen LogP contribution in [0.1, 0.15) is 222 Å². The summed E-state index contributed by atoms with van der Waals surface area (Å²) in [6, 6.07) is 24.8. The molecule has 0 aliphatic carbocycles. The second-order valence-corrected chi connectivity index (χ2v) is 27.0. The Morgan fingerprint density at radius 3 is 0.779 bits per heavy atom. The van der Waals surface area contributed by atoms with Crippen molar-refractivity contribution in [2.75, 3.05) is 0 Å². The number of hydrogen-bond acceptors (Lipinski definition) is 7. The number of phenols is 3. The van der Waals surface area contributed by atoms with Crippen LogP contribution in [0.15, 0.2) is 72.8 Å². The molecule has 0 unspecified atom stereocenters. The Labute approximate surface area is 464 Å². The van der Waals surface area contributed by atoms with Crippen LogP contribution in [0, 0.1) is 41.5 Å². The molecule has 6 aromatic rings. The van der Waals surface area contributed by atoms with Gasteiger partial charge in [0, 0.05) is 19.3 Å². The van der Waals surface area contributed by atoms with E-state index in [0.29, 0.717) is 55.8 Å². The van der Waals surface area contributed by atoms with E-state index in [4.69, 9.17) is 13.6 Å². The Hall–Kier alpha value is -5.65. The molecule has 6 aromatic carbocycles. The maximum atomic E-state index is 17.2. The minimum atomic E-state index is -4.86. The molecule has 416 valence electrons. The number of aryl methyl sites for hydroxylation is 9. The van der Waals surface area contributed by atoms with E-state index in [-0.39, 0.29) is 33.5 Å². The number of phenolic OH excluding ortho intramolecular Hbond substituents is 3. The molecule has 0 atom stereocenters. The molecule has 0 amide bonds. The van der Waals surface area contributed by atoms with Gasteiger partial charge in [0.15, 0.2) is 0 Å². The molecule has 7 nitrogen and oxygen atoms in total. The van der Waals surface area contributed by atoms with E-state index in [9.17, 15) is 15.3 Å². The molecule has 0 aromatic heterocycles.